The van der Waals surface area contributed by atoms with Crippen LogP contribution in [0.2, 0.25) is 0 Å². The number of hydrogen-bond acceptors (Lipinski definition) is 3. The van der Waals surface area contributed by atoms with E-state index in [0.717, 1.165) is 19.3 Å². The quantitative estimate of drug-likeness (QED) is 0.804. The Morgan fingerprint density at radius 1 is 1.04 bits per heavy atom. The van der Waals surface area contributed by atoms with E-state index in [1.165, 1.54) is 38.5 Å². The zero-order valence-electron chi connectivity index (χ0n) is 14.4. The van der Waals surface area contributed by atoms with Crippen molar-refractivity contribution in [2.24, 2.45) is 5.92 Å². The molecule has 6 heteroatoms. The van der Waals surface area contributed by atoms with Gasteiger partial charge in [-0.1, -0.05) is 0 Å². The van der Waals surface area contributed by atoms with Gasteiger partial charge >= 0.3 is 0 Å². The minimum Gasteiger partial charge on any atom is -0.353 e. The molecule has 1 saturated carbocycles. The fourth-order valence-corrected chi connectivity index (χ4v) is 4.65. The number of fused-ring (bicyclic) bond motifs is 2. The van der Waals surface area contributed by atoms with Crippen molar-refractivity contribution in [3.8, 4) is 0 Å². The molecule has 23 heavy (non-hydrogen) atoms. The minimum absolute atomic E-state index is 0. The third-order valence-corrected chi connectivity index (χ3v) is 5.79. The summed E-state index contributed by atoms with van der Waals surface area (Å²) in [5.74, 6) is 0.905. The molecular weight excluding hydrogens is 333 g/mol. The summed E-state index contributed by atoms with van der Waals surface area (Å²) in [6, 6.07) is 2.42. The zero-order chi connectivity index (χ0) is 14.8. The third kappa shape index (κ3) is 5.77. The van der Waals surface area contributed by atoms with E-state index in [0.29, 0.717) is 36.0 Å². The van der Waals surface area contributed by atoms with Gasteiger partial charge in [0.15, 0.2) is 0 Å². The Morgan fingerprint density at radius 2 is 1.70 bits per heavy atom. The van der Waals surface area contributed by atoms with Crippen LogP contribution in [-0.4, -0.2) is 49.1 Å². The summed E-state index contributed by atoms with van der Waals surface area (Å²) in [4.78, 5) is 14.7. The average molecular weight is 366 g/mol. The molecule has 2 aliphatic heterocycles. The molecule has 3 rings (SSSR count). The van der Waals surface area contributed by atoms with Crippen LogP contribution in [0.25, 0.3) is 0 Å². The van der Waals surface area contributed by atoms with Crippen molar-refractivity contribution in [3.05, 3.63) is 0 Å². The van der Waals surface area contributed by atoms with Gasteiger partial charge < -0.3 is 15.5 Å². The molecule has 4 nitrogen and oxygen atoms in total. The molecular formula is C17H33Cl2N3O. The zero-order valence-corrected chi connectivity index (χ0v) is 16.1. The highest BCUT2D eigenvalue weighted by atomic mass is 35.5. The van der Waals surface area contributed by atoms with Gasteiger partial charge in [0.2, 0.25) is 5.91 Å². The lowest BCUT2D eigenvalue weighted by Gasteiger charge is -2.34. The lowest BCUT2D eigenvalue weighted by atomic mass is 9.88. The van der Waals surface area contributed by atoms with E-state index in [-0.39, 0.29) is 24.8 Å². The van der Waals surface area contributed by atoms with E-state index in [1.807, 2.05) is 0 Å². The van der Waals surface area contributed by atoms with Crippen molar-refractivity contribution in [2.75, 3.05) is 14.1 Å². The van der Waals surface area contributed by atoms with Gasteiger partial charge in [0.25, 0.3) is 0 Å². The maximum absolute atomic E-state index is 12.3. The molecule has 4 unspecified atom stereocenters. The Hall–Kier alpha value is -0.0300. The topological polar surface area (TPSA) is 44.4 Å². The summed E-state index contributed by atoms with van der Waals surface area (Å²) in [7, 11) is 4.30. The van der Waals surface area contributed by atoms with Crippen LogP contribution in [0.15, 0.2) is 0 Å². The van der Waals surface area contributed by atoms with Gasteiger partial charge in [0, 0.05) is 30.6 Å². The SMILES string of the molecule is CN(C)C1CCCC(NC(=O)CC2CC3CCC(C2)N3)C1.Cl.Cl. The molecule has 136 valence electrons. The number of halogens is 2. The Kier molecular flexibility index (Phi) is 8.64. The molecule has 2 N–H and O–H groups in total. The van der Waals surface area contributed by atoms with Gasteiger partial charge in [-0.2, -0.15) is 0 Å². The normalized spacial score (nSPS) is 36.0. The molecule has 0 spiro atoms. The molecule has 0 aromatic rings. The summed E-state index contributed by atoms with van der Waals surface area (Å²) >= 11 is 0. The maximum Gasteiger partial charge on any atom is 0.220 e. The van der Waals surface area contributed by atoms with Crippen LogP contribution in [-0.2, 0) is 4.79 Å². The summed E-state index contributed by atoms with van der Waals surface area (Å²) in [6.45, 7) is 0. The van der Waals surface area contributed by atoms with Gasteiger partial charge in [-0.05, 0) is 71.4 Å². The van der Waals surface area contributed by atoms with E-state index >= 15 is 0 Å². The van der Waals surface area contributed by atoms with Gasteiger partial charge in [0.05, 0.1) is 0 Å². The van der Waals surface area contributed by atoms with Crippen molar-refractivity contribution < 1.29 is 4.79 Å². The van der Waals surface area contributed by atoms with E-state index in [4.69, 9.17) is 0 Å². The number of nitrogens with one attached hydrogen (secondary N) is 2. The highest BCUT2D eigenvalue weighted by molar-refractivity contribution is 5.85. The summed E-state index contributed by atoms with van der Waals surface area (Å²) in [6.07, 6.45) is 10.6. The average Bonchev–Trinajstić information content (AvgIpc) is 2.78. The summed E-state index contributed by atoms with van der Waals surface area (Å²) in [5.41, 5.74) is 0. The molecule has 1 aliphatic carbocycles. The van der Waals surface area contributed by atoms with E-state index < -0.39 is 0 Å². The number of rotatable bonds is 4. The van der Waals surface area contributed by atoms with Crippen LogP contribution in [0.1, 0.15) is 57.8 Å². The fourth-order valence-electron chi connectivity index (χ4n) is 4.65. The summed E-state index contributed by atoms with van der Waals surface area (Å²) < 4.78 is 0. The highest BCUT2D eigenvalue weighted by Crippen LogP contribution is 2.32. The number of carbonyl (C=O) groups is 1. The fraction of sp³-hybridized carbons (Fsp3) is 0.941. The molecule has 2 heterocycles. The molecule has 1 amide bonds. The Bertz CT molecular complexity index is 369. The van der Waals surface area contributed by atoms with Crippen LogP contribution in [0.5, 0.6) is 0 Å². The van der Waals surface area contributed by atoms with Crippen molar-refractivity contribution in [1.29, 1.82) is 0 Å². The van der Waals surface area contributed by atoms with Crippen LogP contribution in [0.3, 0.4) is 0 Å². The minimum atomic E-state index is 0. The monoisotopic (exact) mass is 365 g/mol. The number of piperidine rings is 1. The second-order valence-corrected chi connectivity index (χ2v) is 7.73. The lowest BCUT2D eigenvalue weighted by molar-refractivity contribution is -0.123. The van der Waals surface area contributed by atoms with Gasteiger partial charge in [-0.25, -0.2) is 0 Å². The number of amides is 1. The van der Waals surface area contributed by atoms with Gasteiger partial charge in [-0.3, -0.25) is 4.79 Å². The van der Waals surface area contributed by atoms with Gasteiger partial charge in [0.1, 0.15) is 0 Å². The predicted octanol–water partition coefficient (Wildman–Crippen LogP) is 2.74. The first-order chi connectivity index (χ1) is 10.1. The molecule has 3 fully saturated rings. The smallest absolute Gasteiger partial charge is 0.220 e. The third-order valence-electron chi connectivity index (χ3n) is 5.79. The molecule has 4 atom stereocenters. The molecule has 3 aliphatic rings. The van der Waals surface area contributed by atoms with Crippen molar-refractivity contribution in [3.63, 3.8) is 0 Å². The first kappa shape index (κ1) is 21.0. The Balaban J connectivity index is 0.00000132. The number of hydrogen-bond donors (Lipinski definition) is 2. The largest absolute Gasteiger partial charge is 0.353 e. The Labute approximate surface area is 153 Å². The highest BCUT2D eigenvalue weighted by Gasteiger charge is 2.34. The van der Waals surface area contributed by atoms with Gasteiger partial charge in [-0.15, -0.1) is 24.8 Å². The first-order valence-electron chi connectivity index (χ1n) is 8.82. The van der Waals surface area contributed by atoms with Crippen molar-refractivity contribution in [2.45, 2.75) is 82.0 Å². The first-order valence-corrected chi connectivity index (χ1v) is 8.82. The number of carbonyl (C=O) groups excluding carboxylic acids is 1. The van der Waals surface area contributed by atoms with E-state index in [1.54, 1.807) is 0 Å². The molecule has 0 aromatic heterocycles. The van der Waals surface area contributed by atoms with Crippen molar-refractivity contribution in [1.82, 2.24) is 15.5 Å². The number of nitrogens with zero attached hydrogens (tertiary/aromatic N) is 1. The second-order valence-electron chi connectivity index (χ2n) is 7.73. The van der Waals surface area contributed by atoms with Crippen molar-refractivity contribution >= 4 is 30.7 Å². The summed E-state index contributed by atoms with van der Waals surface area (Å²) in [5, 5.41) is 6.97. The van der Waals surface area contributed by atoms with E-state index in [2.05, 4.69) is 29.6 Å². The second kappa shape index (κ2) is 9.45. The van der Waals surface area contributed by atoms with Crippen LogP contribution < -0.4 is 10.6 Å². The predicted molar refractivity (Wildman–Crippen MR) is 99.7 cm³/mol. The van der Waals surface area contributed by atoms with E-state index in [9.17, 15) is 4.79 Å². The molecule has 0 radical (unpaired) electrons. The van der Waals surface area contributed by atoms with Crippen LogP contribution in [0, 0.1) is 5.92 Å². The molecule has 0 aromatic carbocycles. The maximum atomic E-state index is 12.3. The molecule has 2 bridgehead atoms. The Morgan fingerprint density at radius 3 is 2.30 bits per heavy atom. The molecule has 2 saturated heterocycles. The van der Waals surface area contributed by atoms with Crippen LogP contribution in [0.4, 0.5) is 0 Å². The lowest BCUT2D eigenvalue weighted by Crippen LogP contribution is -2.45. The standard InChI is InChI=1S/C17H31N3O.2ClH/c1-20(2)16-5-3-4-13(11-16)19-17(21)10-12-8-14-6-7-15(9-12)18-14;;/h12-16,18H,3-11H2,1-2H3,(H,19,21);2*1H. The van der Waals surface area contributed by atoms with Crippen LogP contribution >= 0.6 is 24.8 Å².